The number of rotatable bonds is 8. The van der Waals surface area contributed by atoms with Gasteiger partial charge in [-0.2, -0.15) is 0 Å². The Morgan fingerprint density at radius 2 is 2.14 bits per heavy atom. The molecule has 5 heteroatoms. The lowest BCUT2D eigenvalue weighted by atomic mass is 10.4. The Labute approximate surface area is 84.8 Å². The smallest absolute Gasteiger partial charge is 0.234 e. The summed E-state index contributed by atoms with van der Waals surface area (Å²) in [6, 6.07) is 0.176. The van der Waals surface area contributed by atoms with E-state index in [9.17, 15) is 4.79 Å². The second kappa shape index (κ2) is 8.93. The van der Waals surface area contributed by atoms with Gasteiger partial charge < -0.3 is 20.5 Å². The van der Waals surface area contributed by atoms with Gasteiger partial charge >= 0.3 is 0 Å². The Bertz CT molecular complexity index is 151. The molecule has 0 radical (unpaired) electrons. The summed E-state index contributed by atoms with van der Waals surface area (Å²) in [6.45, 7) is 5.65. The number of carbonyl (C=O) groups is 1. The van der Waals surface area contributed by atoms with Gasteiger partial charge in [-0.1, -0.05) is 0 Å². The van der Waals surface area contributed by atoms with Gasteiger partial charge in [0.1, 0.15) is 0 Å². The molecule has 5 nitrogen and oxygen atoms in total. The van der Waals surface area contributed by atoms with Gasteiger partial charge in [0.25, 0.3) is 0 Å². The molecule has 3 N–H and O–H groups in total. The van der Waals surface area contributed by atoms with Crippen LogP contribution < -0.4 is 10.6 Å². The van der Waals surface area contributed by atoms with Crippen molar-refractivity contribution in [3.63, 3.8) is 0 Å². The normalized spacial score (nSPS) is 10.6. The van der Waals surface area contributed by atoms with E-state index in [0.717, 1.165) is 0 Å². The van der Waals surface area contributed by atoms with E-state index in [1.54, 1.807) is 0 Å². The number of aliphatic hydroxyl groups excluding tert-OH is 1. The van der Waals surface area contributed by atoms with E-state index in [4.69, 9.17) is 9.84 Å². The Hall–Kier alpha value is -0.650. The van der Waals surface area contributed by atoms with Crippen LogP contribution >= 0.6 is 0 Å². The summed E-state index contributed by atoms with van der Waals surface area (Å²) in [7, 11) is 0. The largest absolute Gasteiger partial charge is 0.394 e. The molecule has 1 amide bonds. The van der Waals surface area contributed by atoms with E-state index in [2.05, 4.69) is 10.6 Å². The molecule has 84 valence electrons. The molecule has 0 aliphatic heterocycles. The Kier molecular flexibility index (Phi) is 8.51. The SMILES string of the molecule is CC(C)NC(=O)CNCCOCCO. The molecule has 0 heterocycles. The molecule has 0 rings (SSSR count). The Balaban J connectivity index is 3.15. The first kappa shape index (κ1) is 13.4. The predicted molar refractivity (Wildman–Crippen MR) is 54.1 cm³/mol. The summed E-state index contributed by atoms with van der Waals surface area (Å²) in [5, 5.41) is 14.1. The van der Waals surface area contributed by atoms with Gasteiger partial charge in [-0.15, -0.1) is 0 Å². The van der Waals surface area contributed by atoms with Crippen molar-refractivity contribution < 1.29 is 14.6 Å². The van der Waals surface area contributed by atoms with Gasteiger partial charge in [0.05, 0.1) is 26.4 Å². The highest BCUT2D eigenvalue weighted by atomic mass is 16.5. The first-order valence-electron chi connectivity index (χ1n) is 4.85. The molecule has 0 saturated heterocycles. The summed E-state index contributed by atoms with van der Waals surface area (Å²) in [5.41, 5.74) is 0. The van der Waals surface area contributed by atoms with Gasteiger partial charge in [-0.3, -0.25) is 4.79 Å². The number of aliphatic hydroxyl groups is 1. The second-order valence-corrected chi connectivity index (χ2v) is 3.23. The van der Waals surface area contributed by atoms with Crippen LogP contribution in [-0.2, 0) is 9.53 Å². The number of hydrogen-bond donors (Lipinski definition) is 3. The lowest BCUT2D eigenvalue weighted by Gasteiger charge is -2.09. The summed E-state index contributed by atoms with van der Waals surface area (Å²) in [6.07, 6.45) is 0. The van der Waals surface area contributed by atoms with Crippen LogP contribution in [0.1, 0.15) is 13.8 Å². The third-order valence-electron chi connectivity index (χ3n) is 1.39. The molecule has 0 fully saturated rings. The van der Waals surface area contributed by atoms with E-state index in [1.165, 1.54) is 0 Å². The van der Waals surface area contributed by atoms with Crippen molar-refractivity contribution in [1.29, 1.82) is 0 Å². The second-order valence-electron chi connectivity index (χ2n) is 3.23. The Morgan fingerprint density at radius 3 is 2.71 bits per heavy atom. The number of nitrogens with one attached hydrogen (secondary N) is 2. The van der Waals surface area contributed by atoms with Crippen molar-refractivity contribution in [2.75, 3.05) is 32.9 Å². The van der Waals surface area contributed by atoms with Gasteiger partial charge in [-0.25, -0.2) is 0 Å². The molecule has 0 unspecified atom stereocenters. The van der Waals surface area contributed by atoms with Crippen LogP contribution in [0, 0.1) is 0 Å². The van der Waals surface area contributed by atoms with Crippen molar-refractivity contribution in [2.45, 2.75) is 19.9 Å². The van der Waals surface area contributed by atoms with Crippen LogP contribution in [0.3, 0.4) is 0 Å². The van der Waals surface area contributed by atoms with E-state index >= 15 is 0 Å². The third-order valence-corrected chi connectivity index (χ3v) is 1.39. The van der Waals surface area contributed by atoms with E-state index in [-0.39, 0.29) is 18.6 Å². The molecule has 0 atom stereocenters. The molecule has 0 aliphatic rings. The molecule has 0 saturated carbocycles. The molecular formula is C9H20N2O3. The minimum Gasteiger partial charge on any atom is -0.394 e. The number of carbonyl (C=O) groups excluding carboxylic acids is 1. The van der Waals surface area contributed by atoms with Crippen LogP contribution in [0.15, 0.2) is 0 Å². The zero-order valence-corrected chi connectivity index (χ0v) is 8.88. The van der Waals surface area contributed by atoms with Crippen molar-refractivity contribution >= 4 is 5.91 Å². The standard InChI is InChI=1S/C9H20N2O3/c1-8(2)11-9(13)7-10-3-5-14-6-4-12/h8,10,12H,3-7H2,1-2H3,(H,11,13). The van der Waals surface area contributed by atoms with Crippen molar-refractivity contribution in [1.82, 2.24) is 10.6 Å². The fourth-order valence-electron chi connectivity index (χ4n) is 0.886. The summed E-state index contributed by atoms with van der Waals surface area (Å²) in [5.74, 6) is -0.0119. The molecule has 0 aromatic carbocycles. The summed E-state index contributed by atoms with van der Waals surface area (Å²) >= 11 is 0. The fraction of sp³-hybridized carbons (Fsp3) is 0.889. The fourth-order valence-corrected chi connectivity index (χ4v) is 0.886. The Morgan fingerprint density at radius 1 is 1.43 bits per heavy atom. The first-order valence-corrected chi connectivity index (χ1v) is 4.85. The maximum Gasteiger partial charge on any atom is 0.234 e. The molecule has 0 aromatic heterocycles. The van der Waals surface area contributed by atoms with E-state index in [0.29, 0.717) is 26.3 Å². The lowest BCUT2D eigenvalue weighted by molar-refractivity contribution is -0.120. The van der Waals surface area contributed by atoms with Crippen LogP contribution in [0.5, 0.6) is 0 Å². The van der Waals surface area contributed by atoms with Gasteiger partial charge in [-0.05, 0) is 13.8 Å². The molecule has 0 aliphatic carbocycles. The lowest BCUT2D eigenvalue weighted by Crippen LogP contribution is -2.38. The first-order chi connectivity index (χ1) is 6.66. The van der Waals surface area contributed by atoms with Crippen molar-refractivity contribution in [2.24, 2.45) is 0 Å². The quantitative estimate of drug-likeness (QED) is 0.449. The van der Waals surface area contributed by atoms with Crippen molar-refractivity contribution in [3.05, 3.63) is 0 Å². The minimum atomic E-state index is -0.0119. The number of hydrogen-bond acceptors (Lipinski definition) is 4. The third kappa shape index (κ3) is 9.44. The van der Waals surface area contributed by atoms with Gasteiger partial charge in [0, 0.05) is 12.6 Å². The maximum absolute atomic E-state index is 11.1. The highest BCUT2D eigenvalue weighted by Gasteiger charge is 2.01. The van der Waals surface area contributed by atoms with E-state index in [1.807, 2.05) is 13.8 Å². The molecule has 0 spiro atoms. The maximum atomic E-state index is 11.1. The highest BCUT2D eigenvalue weighted by molar-refractivity contribution is 5.78. The van der Waals surface area contributed by atoms with Gasteiger partial charge in [0.15, 0.2) is 0 Å². The average molecular weight is 204 g/mol. The summed E-state index contributed by atoms with van der Waals surface area (Å²) in [4.78, 5) is 11.1. The zero-order chi connectivity index (χ0) is 10.8. The predicted octanol–water partition coefficient (Wildman–Crippen LogP) is -0.890. The zero-order valence-electron chi connectivity index (χ0n) is 8.88. The summed E-state index contributed by atoms with van der Waals surface area (Å²) < 4.78 is 5.00. The molecule has 0 aromatic rings. The number of amides is 1. The van der Waals surface area contributed by atoms with Crippen molar-refractivity contribution in [3.8, 4) is 0 Å². The van der Waals surface area contributed by atoms with Crippen LogP contribution in [0.4, 0.5) is 0 Å². The van der Waals surface area contributed by atoms with Crippen LogP contribution in [0.25, 0.3) is 0 Å². The van der Waals surface area contributed by atoms with Crippen LogP contribution in [0.2, 0.25) is 0 Å². The molecule has 0 bridgehead atoms. The van der Waals surface area contributed by atoms with E-state index < -0.39 is 0 Å². The monoisotopic (exact) mass is 204 g/mol. The average Bonchev–Trinajstić information content (AvgIpc) is 2.10. The van der Waals surface area contributed by atoms with Gasteiger partial charge in [0.2, 0.25) is 5.91 Å². The highest BCUT2D eigenvalue weighted by Crippen LogP contribution is 1.76. The number of ether oxygens (including phenoxy) is 1. The minimum absolute atomic E-state index is 0.0119. The topological polar surface area (TPSA) is 70.6 Å². The molecular weight excluding hydrogens is 184 g/mol. The van der Waals surface area contributed by atoms with Crippen LogP contribution in [-0.4, -0.2) is 50.0 Å². The molecule has 14 heavy (non-hydrogen) atoms.